The second-order valence-corrected chi connectivity index (χ2v) is 8.64. The number of aromatic nitrogens is 1. The van der Waals surface area contributed by atoms with Crippen molar-refractivity contribution >= 4 is 44.1 Å². The number of benzene rings is 2. The van der Waals surface area contributed by atoms with Crippen LogP contribution < -0.4 is 4.72 Å². The maximum Gasteiger partial charge on any atom is 0.317 e. The number of carboxylic acids is 1. The lowest BCUT2D eigenvalue weighted by molar-refractivity contribution is -0.137. The SMILES string of the molecule is Cc1c(Cl)cccc1S(=O)(=O)Nc1nc(C(C(=O)O)c2ccccc2)cs1. The number of hydrogen-bond donors (Lipinski definition) is 2. The molecule has 1 atom stereocenters. The summed E-state index contributed by atoms with van der Waals surface area (Å²) in [6, 6.07) is 13.3. The summed E-state index contributed by atoms with van der Waals surface area (Å²) in [5.74, 6) is -2.04. The van der Waals surface area contributed by atoms with E-state index in [2.05, 4.69) is 9.71 Å². The molecule has 6 nitrogen and oxygen atoms in total. The Morgan fingerprint density at radius 3 is 2.56 bits per heavy atom. The minimum Gasteiger partial charge on any atom is -0.480 e. The molecule has 1 heterocycles. The van der Waals surface area contributed by atoms with Crippen molar-refractivity contribution in [3.63, 3.8) is 0 Å². The van der Waals surface area contributed by atoms with E-state index in [-0.39, 0.29) is 15.7 Å². The molecule has 0 saturated heterocycles. The fourth-order valence-electron chi connectivity index (χ4n) is 2.60. The molecule has 3 aromatic rings. The Kier molecular flexibility index (Phi) is 5.50. The van der Waals surface area contributed by atoms with Crippen molar-refractivity contribution in [2.75, 3.05) is 4.72 Å². The maximum absolute atomic E-state index is 12.6. The quantitative estimate of drug-likeness (QED) is 0.622. The number of sulfonamides is 1. The van der Waals surface area contributed by atoms with Crippen molar-refractivity contribution in [3.05, 3.63) is 75.8 Å². The first kappa shape index (κ1) is 19.3. The monoisotopic (exact) mass is 422 g/mol. The zero-order chi connectivity index (χ0) is 19.6. The third-order valence-corrected chi connectivity index (χ3v) is 6.72. The number of nitrogens with zero attached hydrogens (tertiary/aromatic N) is 1. The number of nitrogens with one attached hydrogen (secondary N) is 1. The van der Waals surface area contributed by atoms with Gasteiger partial charge in [0.05, 0.1) is 10.6 Å². The van der Waals surface area contributed by atoms with Crippen LogP contribution in [0.15, 0.2) is 58.8 Å². The summed E-state index contributed by atoms with van der Waals surface area (Å²) in [6.45, 7) is 1.61. The summed E-state index contributed by atoms with van der Waals surface area (Å²) in [5.41, 5.74) is 1.26. The summed E-state index contributed by atoms with van der Waals surface area (Å²) in [6.07, 6.45) is 0. The van der Waals surface area contributed by atoms with Gasteiger partial charge in [-0.1, -0.05) is 48.0 Å². The van der Waals surface area contributed by atoms with Gasteiger partial charge in [-0.3, -0.25) is 9.52 Å². The molecule has 1 aromatic heterocycles. The molecule has 0 fully saturated rings. The molecular formula is C18H15ClN2O4S2. The zero-order valence-electron chi connectivity index (χ0n) is 14.1. The highest BCUT2D eigenvalue weighted by Gasteiger charge is 2.26. The Morgan fingerprint density at radius 2 is 1.89 bits per heavy atom. The highest BCUT2D eigenvalue weighted by Crippen LogP contribution is 2.30. The van der Waals surface area contributed by atoms with Gasteiger partial charge in [-0.15, -0.1) is 11.3 Å². The van der Waals surface area contributed by atoms with Crippen LogP contribution in [0.25, 0.3) is 0 Å². The minimum absolute atomic E-state index is 0.0459. The maximum atomic E-state index is 12.6. The van der Waals surface area contributed by atoms with Crippen LogP contribution in [0.5, 0.6) is 0 Å². The van der Waals surface area contributed by atoms with Crippen molar-refractivity contribution in [2.24, 2.45) is 0 Å². The first-order valence-electron chi connectivity index (χ1n) is 7.80. The van der Waals surface area contributed by atoms with Gasteiger partial charge in [-0.2, -0.15) is 0 Å². The molecule has 0 bridgehead atoms. The number of rotatable bonds is 6. The van der Waals surface area contributed by atoms with Gasteiger partial charge in [-0.05, 0) is 30.2 Å². The number of halogens is 1. The lowest BCUT2D eigenvalue weighted by atomic mass is 9.97. The Labute approximate surface area is 165 Å². The molecule has 0 spiro atoms. The fourth-order valence-corrected chi connectivity index (χ4v) is 5.09. The molecule has 2 aromatic carbocycles. The van der Waals surface area contributed by atoms with Crippen LogP contribution in [0.2, 0.25) is 5.02 Å². The summed E-state index contributed by atoms with van der Waals surface area (Å²) in [7, 11) is -3.90. The summed E-state index contributed by atoms with van der Waals surface area (Å²) < 4.78 is 27.7. The largest absolute Gasteiger partial charge is 0.480 e. The average molecular weight is 423 g/mol. The van der Waals surface area contributed by atoms with E-state index in [0.717, 1.165) is 11.3 Å². The number of carboxylic acid groups (broad SMARTS) is 1. The van der Waals surface area contributed by atoms with E-state index < -0.39 is 21.9 Å². The summed E-state index contributed by atoms with van der Waals surface area (Å²) in [4.78, 5) is 15.9. The van der Waals surface area contributed by atoms with E-state index in [1.807, 2.05) is 0 Å². The second-order valence-electron chi connectivity index (χ2n) is 5.73. The molecule has 0 aliphatic rings. The second kappa shape index (κ2) is 7.67. The minimum atomic E-state index is -3.90. The Morgan fingerprint density at radius 1 is 1.19 bits per heavy atom. The van der Waals surface area contributed by atoms with Gasteiger partial charge in [-0.25, -0.2) is 13.4 Å². The predicted octanol–water partition coefficient (Wildman–Crippen LogP) is 4.12. The Balaban J connectivity index is 1.91. The molecule has 0 saturated carbocycles. The summed E-state index contributed by atoms with van der Waals surface area (Å²) in [5, 5.41) is 11.5. The lowest BCUT2D eigenvalue weighted by Gasteiger charge is -2.10. The van der Waals surface area contributed by atoms with E-state index in [0.29, 0.717) is 16.1 Å². The first-order chi connectivity index (χ1) is 12.8. The van der Waals surface area contributed by atoms with Crippen molar-refractivity contribution in [2.45, 2.75) is 17.7 Å². The molecule has 27 heavy (non-hydrogen) atoms. The molecule has 140 valence electrons. The van der Waals surface area contributed by atoms with Crippen LogP contribution in [-0.2, 0) is 14.8 Å². The highest BCUT2D eigenvalue weighted by molar-refractivity contribution is 7.93. The normalized spacial score (nSPS) is 12.5. The number of anilines is 1. The third kappa shape index (κ3) is 4.13. The molecule has 3 rings (SSSR count). The Bertz CT molecular complexity index is 1080. The van der Waals surface area contributed by atoms with Crippen molar-refractivity contribution < 1.29 is 18.3 Å². The topological polar surface area (TPSA) is 96.4 Å². The van der Waals surface area contributed by atoms with Crippen molar-refractivity contribution in [1.29, 1.82) is 0 Å². The third-order valence-electron chi connectivity index (χ3n) is 3.93. The number of thiazole rings is 1. The average Bonchev–Trinajstić information content (AvgIpc) is 3.05. The van der Waals surface area contributed by atoms with Gasteiger partial charge in [0.25, 0.3) is 10.0 Å². The summed E-state index contributed by atoms with van der Waals surface area (Å²) >= 11 is 7.02. The van der Waals surface area contributed by atoms with Crippen LogP contribution in [0.4, 0.5) is 5.13 Å². The Hall–Kier alpha value is -2.42. The number of aliphatic carboxylic acids is 1. The molecule has 0 aliphatic heterocycles. The van der Waals surface area contributed by atoms with Gasteiger partial charge in [0, 0.05) is 10.4 Å². The fraction of sp³-hybridized carbons (Fsp3) is 0.111. The molecule has 0 aliphatic carbocycles. The van der Waals surface area contributed by atoms with Gasteiger partial charge in [0.2, 0.25) is 0 Å². The highest BCUT2D eigenvalue weighted by atomic mass is 35.5. The van der Waals surface area contributed by atoms with Gasteiger partial charge in [0.15, 0.2) is 5.13 Å². The van der Waals surface area contributed by atoms with Gasteiger partial charge < -0.3 is 5.11 Å². The predicted molar refractivity (Wildman–Crippen MR) is 105 cm³/mol. The van der Waals surface area contributed by atoms with Gasteiger partial charge >= 0.3 is 5.97 Å². The van der Waals surface area contributed by atoms with E-state index >= 15 is 0 Å². The number of carbonyl (C=O) groups is 1. The van der Waals surface area contributed by atoms with Crippen LogP contribution >= 0.6 is 22.9 Å². The molecule has 1 unspecified atom stereocenters. The van der Waals surface area contributed by atoms with Crippen LogP contribution in [0, 0.1) is 6.92 Å². The van der Waals surface area contributed by atoms with Crippen LogP contribution in [0.3, 0.4) is 0 Å². The zero-order valence-corrected chi connectivity index (χ0v) is 16.5. The number of hydrogen-bond acceptors (Lipinski definition) is 5. The van der Waals surface area contributed by atoms with Crippen molar-refractivity contribution in [1.82, 2.24) is 4.98 Å². The molecule has 2 N–H and O–H groups in total. The van der Waals surface area contributed by atoms with Crippen LogP contribution in [0.1, 0.15) is 22.7 Å². The first-order valence-corrected chi connectivity index (χ1v) is 10.5. The van der Waals surface area contributed by atoms with Crippen LogP contribution in [-0.4, -0.2) is 24.5 Å². The standard InChI is InChI=1S/C18H15ClN2O4S2/c1-11-13(19)8-5-9-15(11)27(24,25)21-18-20-14(10-26-18)16(17(22)23)12-6-3-2-4-7-12/h2-10,16H,1H3,(H,20,21)(H,22,23). The van der Waals surface area contributed by atoms with E-state index in [4.69, 9.17) is 11.6 Å². The van der Waals surface area contributed by atoms with E-state index in [1.165, 1.54) is 11.4 Å². The van der Waals surface area contributed by atoms with E-state index in [9.17, 15) is 18.3 Å². The molecule has 0 amide bonds. The lowest BCUT2D eigenvalue weighted by Crippen LogP contribution is -2.16. The van der Waals surface area contributed by atoms with Crippen molar-refractivity contribution in [3.8, 4) is 0 Å². The molecular weight excluding hydrogens is 408 g/mol. The van der Waals surface area contributed by atoms with E-state index in [1.54, 1.807) is 49.4 Å². The molecule has 9 heteroatoms. The smallest absolute Gasteiger partial charge is 0.317 e. The molecule has 0 radical (unpaired) electrons. The van der Waals surface area contributed by atoms with Gasteiger partial charge in [0.1, 0.15) is 5.92 Å².